The topological polar surface area (TPSA) is 21.3 Å². The number of furan rings is 1. The number of nitrogens with zero attached hydrogens (tertiary/aromatic N) is 2. The molecule has 0 spiro atoms. The zero-order valence-electron chi connectivity index (χ0n) is 31.4. The van der Waals surface area contributed by atoms with E-state index in [-0.39, 0.29) is 23.1 Å². The van der Waals surface area contributed by atoms with E-state index in [4.69, 9.17) is 4.42 Å². The molecule has 11 rings (SSSR count). The average Bonchev–Trinajstić information content (AvgIpc) is 3.78. The number of para-hydroxylation sites is 2. The molecule has 5 heterocycles. The van der Waals surface area contributed by atoms with E-state index in [0.29, 0.717) is 0 Å². The van der Waals surface area contributed by atoms with Gasteiger partial charge in [-0.05, 0) is 117 Å². The van der Waals surface area contributed by atoms with Crippen LogP contribution in [-0.2, 0) is 16.2 Å². The third-order valence-corrected chi connectivity index (χ3v) is 14.1. The molecule has 3 aliphatic rings. The maximum Gasteiger partial charge on any atom is 0.334 e. The number of hydrogen-bond donors (Lipinski definition) is 0. The van der Waals surface area contributed by atoms with E-state index in [1.54, 1.807) is 0 Å². The molecule has 0 N–H and O–H groups in total. The molecule has 5 heteroatoms. The fourth-order valence-corrected chi connectivity index (χ4v) is 11.2. The van der Waals surface area contributed by atoms with Gasteiger partial charge in [-0.25, -0.2) is 0 Å². The average molecular weight is 695 g/mol. The van der Waals surface area contributed by atoms with Gasteiger partial charge in [-0.3, -0.25) is 0 Å². The van der Waals surface area contributed by atoms with E-state index < -0.39 is 0 Å². The highest BCUT2D eigenvalue weighted by Crippen LogP contribution is 2.53. The fourth-order valence-electron chi connectivity index (χ4n) is 9.98. The minimum absolute atomic E-state index is 0.00867. The van der Waals surface area contributed by atoms with Crippen LogP contribution in [0.4, 0.5) is 16.4 Å². The lowest BCUT2D eigenvalue weighted by Crippen LogP contribution is -2.56. The van der Waals surface area contributed by atoms with E-state index in [9.17, 15) is 0 Å². The lowest BCUT2D eigenvalue weighted by molar-refractivity contribution is 0.332. The molecule has 0 atom stereocenters. The Kier molecular flexibility index (Phi) is 5.82. The summed E-state index contributed by atoms with van der Waals surface area (Å²) in [6, 6.07) is 34.7. The molecule has 0 saturated heterocycles. The Labute approximate surface area is 310 Å². The number of aryl methyl sites for hydroxylation is 1. The van der Waals surface area contributed by atoms with Crippen molar-refractivity contribution in [2.24, 2.45) is 0 Å². The molecule has 3 nitrogen and oxygen atoms in total. The Bertz CT molecular complexity index is 2870. The van der Waals surface area contributed by atoms with Gasteiger partial charge in [0, 0.05) is 32.2 Å². The third kappa shape index (κ3) is 3.83. The van der Waals surface area contributed by atoms with Crippen molar-refractivity contribution in [3.63, 3.8) is 0 Å². The molecular weight excluding hydrogens is 651 g/mol. The summed E-state index contributed by atoms with van der Waals surface area (Å²) in [7, 11) is 0. The maximum absolute atomic E-state index is 6.77. The Hall–Kier alpha value is -4.74. The molecule has 52 heavy (non-hydrogen) atoms. The van der Waals surface area contributed by atoms with Crippen molar-refractivity contribution in [1.82, 2.24) is 4.48 Å². The molecule has 0 bridgehead atoms. The molecule has 256 valence electrons. The van der Waals surface area contributed by atoms with Gasteiger partial charge in [0.05, 0.1) is 16.2 Å². The van der Waals surface area contributed by atoms with Crippen LogP contribution in [0.3, 0.4) is 0 Å². The number of hydrogen-bond acceptors (Lipinski definition) is 3. The van der Waals surface area contributed by atoms with Crippen LogP contribution in [0.15, 0.2) is 95.4 Å². The predicted octanol–water partition coefficient (Wildman–Crippen LogP) is 12.1. The quantitative estimate of drug-likeness (QED) is 0.160. The first kappa shape index (κ1) is 30.9. The van der Waals surface area contributed by atoms with Crippen LogP contribution in [0, 0.1) is 6.92 Å². The van der Waals surface area contributed by atoms with Crippen molar-refractivity contribution in [3.05, 3.63) is 113 Å². The van der Waals surface area contributed by atoms with E-state index in [1.807, 2.05) is 11.3 Å². The minimum atomic E-state index is -0.0405. The van der Waals surface area contributed by atoms with Crippen molar-refractivity contribution >= 4 is 88.5 Å². The van der Waals surface area contributed by atoms with Gasteiger partial charge in [-0.2, -0.15) is 0 Å². The summed E-state index contributed by atoms with van der Waals surface area (Å²) in [6.45, 7) is 19.2. The first-order chi connectivity index (χ1) is 24.8. The van der Waals surface area contributed by atoms with Crippen LogP contribution in [0.5, 0.6) is 0 Å². The van der Waals surface area contributed by atoms with Crippen LogP contribution in [0.2, 0.25) is 0 Å². The third-order valence-electron chi connectivity index (χ3n) is 12.9. The molecule has 0 unspecified atom stereocenters. The molecule has 0 amide bonds. The maximum atomic E-state index is 6.77. The molecule has 0 saturated carbocycles. The number of aromatic nitrogens is 1. The highest BCUT2D eigenvalue weighted by molar-refractivity contribution is 7.26. The van der Waals surface area contributed by atoms with Crippen molar-refractivity contribution < 1.29 is 4.42 Å². The van der Waals surface area contributed by atoms with Gasteiger partial charge in [0.2, 0.25) is 0 Å². The van der Waals surface area contributed by atoms with Crippen LogP contribution < -0.4 is 15.8 Å². The summed E-state index contributed by atoms with van der Waals surface area (Å²) in [5.74, 6) is 0. The molecule has 1 aliphatic carbocycles. The first-order valence-corrected chi connectivity index (χ1v) is 19.8. The summed E-state index contributed by atoms with van der Waals surface area (Å²) < 4.78 is 10.8. The number of benzene rings is 5. The van der Waals surface area contributed by atoms with Gasteiger partial charge >= 0.3 is 6.85 Å². The Morgan fingerprint density at radius 2 is 1.38 bits per heavy atom. The largest absolute Gasteiger partial charge is 0.454 e. The molecular formula is C47H43BN2OS. The first-order valence-electron chi connectivity index (χ1n) is 18.9. The Morgan fingerprint density at radius 1 is 0.692 bits per heavy atom. The van der Waals surface area contributed by atoms with Crippen LogP contribution in [0.1, 0.15) is 83.6 Å². The van der Waals surface area contributed by atoms with Gasteiger partial charge in [0.1, 0.15) is 5.58 Å². The summed E-state index contributed by atoms with van der Waals surface area (Å²) in [4.78, 5) is 2.68. The standard InChI is InChI=1S/C47H43BN2OS/c1-26-22-33-34(47(7,8)21-20-46(33,5)6)25-35(26)49-36-24-27(45(2,3)4)23-32-28-16-13-17-31-41(28)50(42-29-14-9-11-18-37(29)51-43(31)42)48(39(32)36)40-30-15-10-12-19-38(30)52-44(40)49/h9-19,22-25H,20-21H2,1-8H3. The molecule has 8 aromatic rings. The molecule has 0 radical (unpaired) electrons. The molecule has 0 fully saturated rings. The number of anilines is 3. The van der Waals surface area contributed by atoms with Crippen LogP contribution in [-0.4, -0.2) is 11.3 Å². The number of fused-ring (bicyclic) bond motifs is 12. The van der Waals surface area contributed by atoms with Crippen molar-refractivity contribution in [2.45, 2.75) is 84.5 Å². The second-order valence-electron chi connectivity index (χ2n) is 18.1. The van der Waals surface area contributed by atoms with E-state index >= 15 is 0 Å². The lowest BCUT2D eigenvalue weighted by atomic mass is 9.45. The van der Waals surface area contributed by atoms with E-state index in [0.717, 1.165) is 11.2 Å². The second kappa shape index (κ2) is 9.82. The zero-order chi connectivity index (χ0) is 35.6. The Balaban J connectivity index is 1.33. The smallest absolute Gasteiger partial charge is 0.334 e. The normalized spacial score (nSPS) is 16.9. The predicted molar refractivity (Wildman–Crippen MR) is 224 cm³/mol. The number of rotatable bonds is 1. The van der Waals surface area contributed by atoms with Crippen molar-refractivity contribution in [3.8, 4) is 11.1 Å². The van der Waals surface area contributed by atoms with Crippen LogP contribution in [0.25, 0.3) is 54.2 Å². The molecule has 2 aliphatic heterocycles. The monoisotopic (exact) mass is 694 g/mol. The minimum Gasteiger partial charge on any atom is -0.454 e. The lowest BCUT2D eigenvalue weighted by Gasteiger charge is -2.44. The summed E-state index contributed by atoms with van der Waals surface area (Å²) in [5, 5.41) is 5.04. The van der Waals surface area contributed by atoms with Crippen molar-refractivity contribution in [1.29, 1.82) is 0 Å². The fraction of sp³-hybridized carbons (Fsp3) is 0.277. The van der Waals surface area contributed by atoms with E-state index in [1.165, 1.54) is 105 Å². The van der Waals surface area contributed by atoms with Gasteiger partial charge in [-0.1, -0.05) is 103 Å². The number of thiophene rings is 1. The Morgan fingerprint density at radius 3 is 2.15 bits per heavy atom. The van der Waals surface area contributed by atoms with E-state index in [2.05, 4.69) is 156 Å². The van der Waals surface area contributed by atoms with Gasteiger partial charge < -0.3 is 13.8 Å². The highest BCUT2D eigenvalue weighted by atomic mass is 32.1. The highest BCUT2D eigenvalue weighted by Gasteiger charge is 2.47. The molecule has 3 aromatic heterocycles. The van der Waals surface area contributed by atoms with Crippen LogP contribution >= 0.6 is 11.3 Å². The second-order valence-corrected chi connectivity index (χ2v) is 19.1. The molecule has 5 aromatic carbocycles. The zero-order valence-corrected chi connectivity index (χ0v) is 32.2. The summed E-state index contributed by atoms with van der Waals surface area (Å²) >= 11 is 1.95. The SMILES string of the molecule is Cc1cc2c(cc1N1c3cc(C(C)(C)C)cc4c3B(c3c1sc1ccccc31)n1c3c-4cccc3c3oc4ccccc4c31)C(C)(C)CCC2(C)C. The summed E-state index contributed by atoms with van der Waals surface area (Å²) in [5.41, 5.74) is 18.4. The van der Waals surface area contributed by atoms with Gasteiger partial charge in [0.15, 0.2) is 5.58 Å². The van der Waals surface area contributed by atoms with Crippen molar-refractivity contribution in [2.75, 3.05) is 4.90 Å². The van der Waals surface area contributed by atoms with Gasteiger partial charge in [0.25, 0.3) is 0 Å². The van der Waals surface area contributed by atoms with Gasteiger partial charge in [-0.15, -0.1) is 11.3 Å². The summed E-state index contributed by atoms with van der Waals surface area (Å²) in [6.07, 6.45) is 2.40.